The van der Waals surface area contributed by atoms with E-state index in [-0.39, 0.29) is 24.4 Å². The van der Waals surface area contributed by atoms with Crippen molar-refractivity contribution in [1.82, 2.24) is 5.32 Å². The van der Waals surface area contributed by atoms with Gasteiger partial charge in [0.05, 0.1) is 19.1 Å². The highest BCUT2D eigenvalue weighted by atomic mass is 16.5. The molecule has 0 aromatic heterocycles. The van der Waals surface area contributed by atoms with E-state index in [4.69, 9.17) is 9.47 Å². The fourth-order valence-corrected chi connectivity index (χ4v) is 2.15. The number of rotatable bonds is 8. The lowest BCUT2D eigenvalue weighted by Crippen LogP contribution is -2.50. The molecule has 0 radical (unpaired) electrons. The number of benzene rings is 1. The molecule has 0 heterocycles. The van der Waals surface area contributed by atoms with Gasteiger partial charge in [-0.05, 0) is 36.0 Å². The van der Waals surface area contributed by atoms with Crippen molar-refractivity contribution in [3.8, 4) is 11.8 Å². The van der Waals surface area contributed by atoms with Crippen LogP contribution in [0.4, 0.5) is 0 Å². The molecule has 1 rings (SSSR count). The minimum Gasteiger partial charge on any atom is -0.493 e. The van der Waals surface area contributed by atoms with Crippen LogP contribution in [0.25, 0.3) is 0 Å². The zero-order chi connectivity index (χ0) is 20.7. The molecule has 0 aliphatic heterocycles. The Morgan fingerprint density at radius 1 is 1.15 bits per heavy atom. The van der Waals surface area contributed by atoms with Crippen molar-refractivity contribution in [2.75, 3.05) is 13.2 Å². The molecular weight excluding hydrogens is 344 g/mol. The van der Waals surface area contributed by atoms with E-state index >= 15 is 0 Å². The number of amides is 1. The van der Waals surface area contributed by atoms with Crippen molar-refractivity contribution in [3.63, 3.8) is 0 Å². The molecule has 0 spiro atoms. The Labute approximate surface area is 161 Å². The summed E-state index contributed by atoms with van der Waals surface area (Å²) in [5.74, 6) is -0.421. The van der Waals surface area contributed by atoms with Crippen molar-refractivity contribution in [1.29, 1.82) is 5.26 Å². The third-order valence-corrected chi connectivity index (χ3v) is 4.45. The third kappa shape index (κ3) is 7.30. The average molecular weight is 374 g/mol. The Morgan fingerprint density at radius 2 is 1.74 bits per heavy atom. The predicted molar refractivity (Wildman–Crippen MR) is 103 cm³/mol. The summed E-state index contributed by atoms with van der Waals surface area (Å²) in [6, 6.07) is 9.81. The van der Waals surface area contributed by atoms with Crippen LogP contribution in [0.2, 0.25) is 0 Å². The Kier molecular flexibility index (Phi) is 7.83. The lowest BCUT2D eigenvalue weighted by Gasteiger charge is -2.27. The molecule has 0 bridgehead atoms. The number of carbonyl (C=O) groups excluding carboxylic acids is 2. The van der Waals surface area contributed by atoms with Crippen LogP contribution in [-0.2, 0) is 19.7 Å². The predicted octanol–water partition coefficient (Wildman–Crippen LogP) is 3.35. The van der Waals surface area contributed by atoms with Gasteiger partial charge >= 0.3 is 5.97 Å². The van der Waals surface area contributed by atoms with Gasteiger partial charge in [-0.25, -0.2) is 0 Å². The standard InChI is InChI=1S/C21H30N2O4/c1-15(2)21(6,14-22)23-18(24)13-27-19(25)11-12-26-17-9-7-16(8-10-17)20(3,4)5/h7-10,15H,11-13H2,1-6H3,(H,23,24)/t21-/m1/s1. The molecule has 0 aliphatic carbocycles. The first-order valence-corrected chi connectivity index (χ1v) is 9.09. The number of carbonyl (C=O) groups is 2. The van der Waals surface area contributed by atoms with E-state index < -0.39 is 24.0 Å². The van der Waals surface area contributed by atoms with E-state index in [0.717, 1.165) is 0 Å². The molecule has 6 heteroatoms. The van der Waals surface area contributed by atoms with Crippen LogP contribution in [0.1, 0.15) is 53.5 Å². The van der Waals surface area contributed by atoms with E-state index in [9.17, 15) is 14.9 Å². The molecule has 6 nitrogen and oxygen atoms in total. The monoisotopic (exact) mass is 374 g/mol. The minimum atomic E-state index is -0.994. The molecule has 0 saturated heterocycles. The summed E-state index contributed by atoms with van der Waals surface area (Å²) in [5.41, 5.74) is 0.275. The zero-order valence-electron chi connectivity index (χ0n) is 17.1. The number of nitrogens with zero attached hydrogens (tertiary/aromatic N) is 1. The van der Waals surface area contributed by atoms with Gasteiger partial charge in [0.1, 0.15) is 11.3 Å². The van der Waals surface area contributed by atoms with Gasteiger partial charge in [-0.2, -0.15) is 5.26 Å². The maximum absolute atomic E-state index is 11.9. The molecular formula is C21H30N2O4. The summed E-state index contributed by atoms with van der Waals surface area (Å²) < 4.78 is 10.5. The molecule has 148 valence electrons. The zero-order valence-corrected chi connectivity index (χ0v) is 17.1. The van der Waals surface area contributed by atoms with Gasteiger partial charge in [0.25, 0.3) is 5.91 Å². The van der Waals surface area contributed by atoms with Crippen molar-refractivity contribution < 1.29 is 19.1 Å². The van der Waals surface area contributed by atoms with Crippen LogP contribution in [0.3, 0.4) is 0 Å². The summed E-state index contributed by atoms with van der Waals surface area (Å²) in [7, 11) is 0. The lowest BCUT2D eigenvalue weighted by molar-refractivity contribution is -0.149. The lowest BCUT2D eigenvalue weighted by atomic mass is 9.87. The number of ether oxygens (including phenoxy) is 2. The molecule has 27 heavy (non-hydrogen) atoms. The van der Waals surface area contributed by atoms with E-state index in [1.807, 2.05) is 38.1 Å². The Hall–Kier alpha value is -2.55. The fraction of sp³-hybridized carbons (Fsp3) is 0.571. The molecule has 1 N–H and O–H groups in total. The molecule has 0 unspecified atom stereocenters. The average Bonchev–Trinajstić information content (AvgIpc) is 2.59. The first-order valence-electron chi connectivity index (χ1n) is 9.09. The first-order chi connectivity index (χ1) is 12.5. The smallest absolute Gasteiger partial charge is 0.309 e. The molecule has 1 atom stereocenters. The highest BCUT2D eigenvalue weighted by Crippen LogP contribution is 2.24. The maximum atomic E-state index is 11.9. The number of nitrogens with one attached hydrogen (secondary N) is 1. The van der Waals surface area contributed by atoms with Crippen molar-refractivity contribution in [2.45, 2.75) is 58.9 Å². The summed E-state index contributed by atoms with van der Waals surface area (Å²) in [6.45, 7) is 11.5. The molecule has 0 fully saturated rings. The van der Waals surface area contributed by atoms with Crippen LogP contribution >= 0.6 is 0 Å². The van der Waals surface area contributed by atoms with E-state index in [2.05, 4.69) is 32.2 Å². The molecule has 1 aromatic carbocycles. The van der Waals surface area contributed by atoms with Gasteiger partial charge in [0.15, 0.2) is 6.61 Å². The van der Waals surface area contributed by atoms with Crippen LogP contribution in [-0.4, -0.2) is 30.6 Å². The molecule has 0 aliphatic rings. The van der Waals surface area contributed by atoms with Gasteiger partial charge in [0, 0.05) is 0 Å². The molecule has 0 saturated carbocycles. The van der Waals surface area contributed by atoms with Gasteiger partial charge in [-0.15, -0.1) is 0 Å². The SMILES string of the molecule is CC(C)[C@@](C)(C#N)NC(=O)COC(=O)CCOc1ccc(C(C)(C)C)cc1. The van der Waals surface area contributed by atoms with Gasteiger partial charge in [-0.1, -0.05) is 46.8 Å². The number of esters is 1. The second-order valence-electron chi connectivity index (χ2n) is 8.05. The fourth-order valence-electron chi connectivity index (χ4n) is 2.15. The van der Waals surface area contributed by atoms with Crippen LogP contribution in [0.5, 0.6) is 5.75 Å². The summed E-state index contributed by atoms with van der Waals surface area (Å²) in [5, 5.41) is 11.8. The third-order valence-electron chi connectivity index (χ3n) is 4.45. The van der Waals surface area contributed by atoms with Gasteiger partial charge in [-0.3, -0.25) is 9.59 Å². The minimum absolute atomic E-state index is 0.0357. The number of hydrogen-bond acceptors (Lipinski definition) is 5. The van der Waals surface area contributed by atoms with Crippen molar-refractivity contribution in [3.05, 3.63) is 29.8 Å². The van der Waals surface area contributed by atoms with Crippen molar-refractivity contribution >= 4 is 11.9 Å². The molecule has 1 aromatic rings. The van der Waals surface area contributed by atoms with Crippen LogP contribution < -0.4 is 10.1 Å². The van der Waals surface area contributed by atoms with Gasteiger partial charge < -0.3 is 14.8 Å². The Balaban J connectivity index is 2.36. The topological polar surface area (TPSA) is 88.4 Å². The van der Waals surface area contributed by atoms with E-state index in [1.165, 1.54) is 5.56 Å². The summed E-state index contributed by atoms with van der Waals surface area (Å²) in [4.78, 5) is 23.6. The highest BCUT2D eigenvalue weighted by molar-refractivity contribution is 5.81. The van der Waals surface area contributed by atoms with Gasteiger partial charge in [0.2, 0.25) is 0 Å². The Bertz CT molecular complexity index is 684. The van der Waals surface area contributed by atoms with E-state index in [0.29, 0.717) is 5.75 Å². The maximum Gasteiger partial charge on any atom is 0.309 e. The summed E-state index contributed by atoms with van der Waals surface area (Å²) in [6.07, 6.45) is 0.0357. The van der Waals surface area contributed by atoms with Crippen LogP contribution in [0.15, 0.2) is 24.3 Å². The first kappa shape index (κ1) is 22.5. The largest absolute Gasteiger partial charge is 0.493 e. The second kappa shape index (κ2) is 9.40. The normalized spacial score (nSPS) is 13.4. The number of nitriles is 1. The molecule has 1 amide bonds. The van der Waals surface area contributed by atoms with Crippen molar-refractivity contribution in [2.24, 2.45) is 5.92 Å². The summed E-state index contributed by atoms with van der Waals surface area (Å²) >= 11 is 0. The highest BCUT2D eigenvalue weighted by Gasteiger charge is 2.30. The second-order valence-corrected chi connectivity index (χ2v) is 8.05. The van der Waals surface area contributed by atoms with E-state index in [1.54, 1.807) is 6.92 Å². The quantitative estimate of drug-likeness (QED) is 0.705. The number of hydrogen-bond donors (Lipinski definition) is 1. The van der Waals surface area contributed by atoms with Crippen LogP contribution in [0, 0.1) is 17.2 Å². The Morgan fingerprint density at radius 3 is 2.22 bits per heavy atom.